The van der Waals surface area contributed by atoms with Crippen molar-refractivity contribution in [3.8, 4) is 11.5 Å². The number of aryl methyl sites for hydroxylation is 1. The van der Waals surface area contributed by atoms with Crippen LogP contribution in [0.2, 0.25) is 0 Å². The van der Waals surface area contributed by atoms with Gasteiger partial charge in [0.2, 0.25) is 0 Å². The van der Waals surface area contributed by atoms with Crippen molar-refractivity contribution in [1.29, 1.82) is 0 Å². The van der Waals surface area contributed by atoms with E-state index in [0.717, 1.165) is 20.4 Å². The first-order valence-electron chi connectivity index (χ1n) is 8.59. The zero-order valence-electron chi connectivity index (χ0n) is 15.3. The first-order valence-corrected chi connectivity index (χ1v) is 9.67. The second kappa shape index (κ2) is 9.08. The number of benzene rings is 3. The highest BCUT2D eigenvalue weighted by molar-refractivity contribution is 14.1. The fourth-order valence-electron chi connectivity index (χ4n) is 2.76. The molecule has 0 aliphatic heterocycles. The van der Waals surface area contributed by atoms with Gasteiger partial charge in [0.05, 0.1) is 10.7 Å². The molecule has 0 aromatic heterocycles. The molecule has 0 fully saturated rings. The van der Waals surface area contributed by atoms with Gasteiger partial charge in [-0.05, 0) is 82.6 Å². The molecule has 3 aromatic rings. The summed E-state index contributed by atoms with van der Waals surface area (Å²) in [5.74, 6) is 1.07. The van der Waals surface area contributed by atoms with Crippen molar-refractivity contribution >= 4 is 28.3 Å². The molecule has 0 spiro atoms. The number of nitrogens with one attached hydrogen (secondary N) is 1. The summed E-state index contributed by atoms with van der Waals surface area (Å²) in [6.45, 7) is 3.03. The second-order valence-electron chi connectivity index (χ2n) is 6.25. The Morgan fingerprint density at radius 2 is 1.81 bits per heavy atom. The number of halogens is 2. The Morgan fingerprint density at radius 3 is 2.56 bits per heavy atom. The van der Waals surface area contributed by atoms with Crippen molar-refractivity contribution in [2.24, 2.45) is 0 Å². The Bertz CT molecular complexity index is 930. The van der Waals surface area contributed by atoms with E-state index in [0.29, 0.717) is 18.0 Å². The smallest absolute Gasteiger partial charge is 0.174 e. The lowest BCUT2D eigenvalue weighted by Crippen LogP contribution is -2.04. The van der Waals surface area contributed by atoms with E-state index in [9.17, 15) is 4.39 Å². The van der Waals surface area contributed by atoms with E-state index in [1.165, 1.54) is 17.7 Å². The molecule has 3 aromatic carbocycles. The zero-order valence-corrected chi connectivity index (χ0v) is 17.4. The minimum atomic E-state index is -0.268. The number of rotatable bonds is 7. The van der Waals surface area contributed by atoms with Crippen molar-refractivity contribution in [1.82, 2.24) is 0 Å². The normalized spacial score (nSPS) is 10.5. The standard InChI is InChI=1S/C22H21FINO2/c1-15-5-3-8-19(9-15)25-13-17-11-20(24)22(21(12-17)26-2)27-14-16-6-4-7-18(23)10-16/h3-12,25H,13-14H2,1-2H3. The Kier molecular flexibility index (Phi) is 6.55. The van der Waals surface area contributed by atoms with Crippen molar-refractivity contribution in [3.63, 3.8) is 0 Å². The lowest BCUT2D eigenvalue weighted by Gasteiger charge is -2.15. The number of methoxy groups -OCH3 is 1. The Hall–Kier alpha value is -2.28. The average Bonchev–Trinajstić information content (AvgIpc) is 2.65. The molecular weight excluding hydrogens is 456 g/mol. The molecule has 140 valence electrons. The molecule has 0 heterocycles. The van der Waals surface area contributed by atoms with Gasteiger partial charge in [0, 0.05) is 12.2 Å². The summed E-state index contributed by atoms with van der Waals surface area (Å²) in [6, 6.07) is 18.7. The van der Waals surface area contributed by atoms with Crippen molar-refractivity contribution in [2.45, 2.75) is 20.1 Å². The van der Waals surface area contributed by atoms with Crippen LogP contribution in [0.5, 0.6) is 11.5 Å². The van der Waals surface area contributed by atoms with Crippen LogP contribution in [-0.4, -0.2) is 7.11 Å². The van der Waals surface area contributed by atoms with Crippen molar-refractivity contribution < 1.29 is 13.9 Å². The fourth-order valence-corrected chi connectivity index (χ4v) is 3.58. The lowest BCUT2D eigenvalue weighted by atomic mass is 10.1. The molecule has 5 heteroatoms. The molecular formula is C22H21FINO2. The van der Waals surface area contributed by atoms with Gasteiger partial charge in [-0.15, -0.1) is 0 Å². The van der Waals surface area contributed by atoms with Gasteiger partial charge in [-0.2, -0.15) is 0 Å². The molecule has 0 aliphatic carbocycles. The molecule has 0 saturated heterocycles. The number of hydrogen-bond donors (Lipinski definition) is 1. The highest BCUT2D eigenvalue weighted by Gasteiger charge is 2.12. The van der Waals surface area contributed by atoms with E-state index < -0.39 is 0 Å². The van der Waals surface area contributed by atoms with Crippen LogP contribution in [-0.2, 0) is 13.2 Å². The SMILES string of the molecule is COc1cc(CNc2cccc(C)c2)cc(I)c1OCc1cccc(F)c1. The van der Waals surface area contributed by atoms with Crippen LogP contribution in [0.3, 0.4) is 0 Å². The largest absolute Gasteiger partial charge is 0.493 e. The van der Waals surface area contributed by atoms with Crippen LogP contribution in [0.1, 0.15) is 16.7 Å². The summed E-state index contributed by atoms with van der Waals surface area (Å²) in [7, 11) is 1.62. The monoisotopic (exact) mass is 477 g/mol. The molecule has 0 radical (unpaired) electrons. The Morgan fingerprint density at radius 1 is 1.00 bits per heavy atom. The lowest BCUT2D eigenvalue weighted by molar-refractivity contribution is 0.281. The van der Waals surface area contributed by atoms with Crippen molar-refractivity contribution in [2.75, 3.05) is 12.4 Å². The maximum Gasteiger partial charge on any atom is 0.174 e. The molecule has 0 atom stereocenters. The first kappa shape index (κ1) is 19.5. The third-order valence-electron chi connectivity index (χ3n) is 4.08. The minimum Gasteiger partial charge on any atom is -0.493 e. The van der Waals surface area contributed by atoms with Gasteiger partial charge in [0.1, 0.15) is 12.4 Å². The van der Waals surface area contributed by atoms with E-state index in [1.54, 1.807) is 13.2 Å². The van der Waals surface area contributed by atoms with E-state index in [2.05, 4.69) is 53.0 Å². The summed E-state index contributed by atoms with van der Waals surface area (Å²) < 4.78 is 25.7. The first-order chi connectivity index (χ1) is 13.0. The van der Waals surface area contributed by atoms with Crippen molar-refractivity contribution in [3.05, 3.63) is 86.7 Å². The Labute approximate surface area is 172 Å². The summed E-state index contributed by atoms with van der Waals surface area (Å²) in [5, 5.41) is 3.42. The van der Waals surface area contributed by atoms with Crippen LogP contribution in [0.4, 0.5) is 10.1 Å². The molecule has 0 unspecified atom stereocenters. The van der Waals surface area contributed by atoms with Gasteiger partial charge in [-0.25, -0.2) is 4.39 Å². The van der Waals surface area contributed by atoms with Crippen LogP contribution < -0.4 is 14.8 Å². The fraction of sp³-hybridized carbons (Fsp3) is 0.182. The highest BCUT2D eigenvalue weighted by Crippen LogP contribution is 2.34. The summed E-state index contributed by atoms with van der Waals surface area (Å²) in [5.41, 5.74) is 4.16. The van der Waals surface area contributed by atoms with Gasteiger partial charge in [0.15, 0.2) is 11.5 Å². The molecule has 1 N–H and O–H groups in total. The topological polar surface area (TPSA) is 30.5 Å². The van der Waals surface area contributed by atoms with Gasteiger partial charge in [-0.1, -0.05) is 24.3 Å². The molecule has 0 saturated carbocycles. The Balaban J connectivity index is 1.72. The highest BCUT2D eigenvalue weighted by atomic mass is 127. The minimum absolute atomic E-state index is 0.268. The zero-order chi connectivity index (χ0) is 19.2. The predicted molar refractivity (Wildman–Crippen MR) is 115 cm³/mol. The molecule has 27 heavy (non-hydrogen) atoms. The second-order valence-corrected chi connectivity index (χ2v) is 7.41. The van der Waals surface area contributed by atoms with E-state index in [4.69, 9.17) is 9.47 Å². The maximum absolute atomic E-state index is 13.3. The summed E-state index contributed by atoms with van der Waals surface area (Å²) in [6.07, 6.45) is 0. The van der Waals surface area contributed by atoms with Gasteiger partial charge >= 0.3 is 0 Å². The third-order valence-corrected chi connectivity index (χ3v) is 4.88. The van der Waals surface area contributed by atoms with E-state index >= 15 is 0 Å². The molecule has 0 bridgehead atoms. The van der Waals surface area contributed by atoms with Gasteiger partial charge < -0.3 is 14.8 Å². The van der Waals surface area contributed by atoms with Crippen LogP contribution >= 0.6 is 22.6 Å². The summed E-state index contributed by atoms with van der Waals surface area (Å²) in [4.78, 5) is 0. The van der Waals surface area contributed by atoms with Crippen LogP contribution in [0.15, 0.2) is 60.7 Å². The number of ether oxygens (including phenoxy) is 2. The predicted octanol–water partition coefficient (Wildman–Crippen LogP) is 5.94. The molecule has 3 rings (SSSR count). The van der Waals surface area contributed by atoms with Crippen LogP contribution in [0.25, 0.3) is 0 Å². The summed E-state index contributed by atoms with van der Waals surface area (Å²) >= 11 is 2.24. The van der Waals surface area contributed by atoms with Gasteiger partial charge in [0.25, 0.3) is 0 Å². The quantitative estimate of drug-likeness (QED) is 0.428. The third kappa shape index (κ3) is 5.35. The molecule has 0 amide bonds. The molecule has 3 nitrogen and oxygen atoms in total. The molecule has 0 aliphatic rings. The van der Waals surface area contributed by atoms with Crippen LogP contribution in [0, 0.1) is 16.3 Å². The van der Waals surface area contributed by atoms with Gasteiger partial charge in [-0.3, -0.25) is 0 Å². The van der Waals surface area contributed by atoms with E-state index in [1.807, 2.05) is 24.3 Å². The average molecular weight is 477 g/mol. The number of hydrogen-bond acceptors (Lipinski definition) is 3. The maximum atomic E-state index is 13.3. The van der Waals surface area contributed by atoms with E-state index in [-0.39, 0.29) is 12.4 Å². The number of anilines is 1.